The minimum Gasteiger partial charge on any atom is -0.463 e. The molecule has 0 radical (unpaired) electrons. The first-order valence-electron chi connectivity index (χ1n) is 4.61. The van der Waals surface area contributed by atoms with Gasteiger partial charge in [0.05, 0.1) is 6.61 Å². The smallest absolute Gasteiger partial charge is 0.135 e. The minimum atomic E-state index is -0.872. The highest BCUT2D eigenvalue weighted by Crippen LogP contribution is 2.47. The lowest BCUT2D eigenvalue weighted by Gasteiger charge is -2.01. The van der Waals surface area contributed by atoms with Crippen molar-refractivity contribution < 1.29 is 14.6 Å². The van der Waals surface area contributed by atoms with Gasteiger partial charge in [-0.3, -0.25) is 0 Å². The van der Waals surface area contributed by atoms with E-state index in [1.54, 1.807) is 6.07 Å². The first kappa shape index (κ1) is 8.78. The highest BCUT2D eigenvalue weighted by molar-refractivity contribution is 5.18. The Hall–Kier alpha value is -0.800. The third-order valence-electron chi connectivity index (χ3n) is 2.62. The van der Waals surface area contributed by atoms with E-state index >= 15 is 0 Å². The van der Waals surface area contributed by atoms with Crippen LogP contribution < -0.4 is 0 Å². The van der Waals surface area contributed by atoms with Crippen LogP contribution in [0.25, 0.3) is 0 Å². The molecule has 1 aromatic rings. The van der Waals surface area contributed by atoms with Gasteiger partial charge in [0.15, 0.2) is 0 Å². The molecule has 1 aliphatic carbocycles. The monoisotopic (exact) mass is 182 g/mol. The van der Waals surface area contributed by atoms with Crippen LogP contribution in [0.1, 0.15) is 36.9 Å². The molecule has 1 saturated carbocycles. The van der Waals surface area contributed by atoms with E-state index in [9.17, 15) is 5.11 Å². The summed E-state index contributed by atoms with van der Waals surface area (Å²) < 4.78 is 5.42. The Morgan fingerprint density at radius 1 is 1.62 bits per heavy atom. The molecule has 3 unspecified atom stereocenters. The van der Waals surface area contributed by atoms with E-state index in [1.807, 2.05) is 6.07 Å². The van der Waals surface area contributed by atoms with Crippen LogP contribution in [-0.2, 0) is 0 Å². The summed E-state index contributed by atoms with van der Waals surface area (Å²) in [5.41, 5.74) is 0. The van der Waals surface area contributed by atoms with Crippen molar-refractivity contribution in [3.63, 3.8) is 0 Å². The molecule has 3 heteroatoms. The zero-order valence-corrected chi connectivity index (χ0v) is 7.60. The van der Waals surface area contributed by atoms with Crippen molar-refractivity contribution >= 4 is 0 Å². The topological polar surface area (TPSA) is 53.6 Å². The van der Waals surface area contributed by atoms with Crippen molar-refractivity contribution in [1.29, 1.82) is 0 Å². The standard InChI is InChI=1S/C10H14O3/c1-6-4-7(6)9-2-3-10(13-9)8(12)5-11/h2-3,6-8,11-12H,4-5H2,1H3. The van der Waals surface area contributed by atoms with E-state index in [2.05, 4.69) is 6.92 Å². The van der Waals surface area contributed by atoms with Crippen molar-refractivity contribution in [2.24, 2.45) is 5.92 Å². The highest BCUT2D eigenvalue weighted by atomic mass is 16.4. The van der Waals surface area contributed by atoms with Gasteiger partial charge in [0, 0.05) is 5.92 Å². The second kappa shape index (κ2) is 3.16. The molecule has 0 saturated heterocycles. The fraction of sp³-hybridized carbons (Fsp3) is 0.600. The van der Waals surface area contributed by atoms with E-state index in [1.165, 1.54) is 6.42 Å². The quantitative estimate of drug-likeness (QED) is 0.743. The molecule has 1 fully saturated rings. The zero-order valence-electron chi connectivity index (χ0n) is 7.60. The number of hydrogen-bond donors (Lipinski definition) is 2. The number of furan rings is 1. The molecular formula is C10H14O3. The molecule has 1 heterocycles. The van der Waals surface area contributed by atoms with Gasteiger partial charge in [0.2, 0.25) is 0 Å². The normalized spacial score (nSPS) is 28.8. The van der Waals surface area contributed by atoms with E-state index in [0.717, 1.165) is 5.76 Å². The lowest BCUT2D eigenvalue weighted by Crippen LogP contribution is -2.00. The van der Waals surface area contributed by atoms with Crippen molar-refractivity contribution in [3.05, 3.63) is 23.7 Å². The molecule has 0 bridgehead atoms. The van der Waals surface area contributed by atoms with Gasteiger partial charge in [-0.25, -0.2) is 0 Å². The zero-order chi connectivity index (χ0) is 9.42. The first-order chi connectivity index (χ1) is 6.22. The molecule has 3 nitrogen and oxygen atoms in total. The third-order valence-corrected chi connectivity index (χ3v) is 2.62. The molecule has 0 spiro atoms. The fourth-order valence-corrected chi connectivity index (χ4v) is 1.56. The van der Waals surface area contributed by atoms with E-state index in [0.29, 0.717) is 17.6 Å². The summed E-state index contributed by atoms with van der Waals surface area (Å²) in [6.07, 6.45) is 0.296. The molecule has 3 atom stereocenters. The summed E-state index contributed by atoms with van der Waals surface area (Å²) in [5.74, 6) is 2.64. The highest BCUT2D eigenvalue weighted by Gasteiger charge is 2.36. The Morgan fingerprint density at radius 3 is 2.85 bits per heavy atom. The van der Waals surface area contributed by atoms with Crippen LogP contribution in [0.4, 0.5) is 0 Å². The molecule has 0 aliphatic heterocycles. The number of rotatable bonds is 3. The lowest BCUT2D eigenvalue weighted by atomic mass is 10.2. The molecule has 0 amide bonds. The molecule has 13 heavy (non-hydrogen) atoms. The van der Waals surface area contributed by atoms with Crippen molar-refractivity contribution in [1.82, 2.24) is 0 Å². The van der Waals surface area contributed by atoms with Crippen LogP contribution in [0.15, 0.2) is 16.5 Å². The average Bonchev–Trinajstić information content (AvgIpc) is 2.70. The van der Waals surface area contributed by atoms with Gasteiger partial charge in [-0.15, -0.1) is 0 Å². The van der Waals surface area contributed by atoms with Crippen LogP contribution in [-0.4, -0.2) is 16.8 Å². The molecule has 0 aromatic carbocycles. The van der Waals surface area contributed by atoms with Gasteiger partial charge in [0.25, 0.3) is 0 Å². The van der Waals surface area contributed by atoms with Gasteiger partial charge in [-0.05, 0) is 24.5 Å². The Bertz CT molecular complexity index is 274. The molecule has 1 aliphatic rings. The van der Waals surface area contributed by atoms with Crippen molar-refractivity contribution in [3.8, 4) is 0 Å². The molecular weight excluding hydrogens is 168 g/mol. The Balaban J connectivity index is 2.09. The van der Waals surface area contributed by atoms with Gasteiger partial charge in [-0.1, -0.05) is 6.92 Å². The van der Waals surface area contributed by atoms with Crippen LogP contribution in [0, 0.1) is 5.92 Å². The second-order valence-corrected chi connectivity index (χ2v) is 3.76. The predicted molar refractivity (Wildman–Crippen MR) is 47.3 cm³/mol. The Kier molecular flexibility index (Phi) is 2.14. The largest absolute Gasteiger partial charge is 0.463 e. The van der Waals surface area contributed by atoms with Gasteiger partial charge >= 0.3 is 0 Å². The van der Waals surface area contributed by atoms with Crippen LogP contribution in [0.2, 0.25) is 0 Å². The van der Waals surface area contributed by atoms with Crippen LogP contribution in [0.3, 0.4) is 0 Å². The summed E-state index contributed by atoms with van der Waals surface area (Å²) in [7, 11) is 0. The molecule has 1 aromatic heterocycles. The van der Waals surface area contributed by atoms with Crippen LogP contribution in [0.5, 0.6) is 0 Å². The predicted octanol–water partition coefficient (Wildman–Crippen LogP) is 1.43. The maximum Gasteiger partial charge on any atom is 0.135 e. The summed E-state index contributed by atoms with van der Waals surface area (Å²) in [5, 5.41) is 18.0. The van der Waals surface area contributed by atoms with Gasteiger partial charge in [-0.2, -0.15) is 0 Å². The van der Waals surface area contributed by atoms with E-state index in [-0.39, 0.29) is 6.61 Å². The number of aliphatic hydroxyl groups excluding tert-OH is 2. The molecule has 2 rings (SSSR count). The fourth-order valence-electron chi connectivity index (χ4n) is 1.56. The number of hydrogen-bond acceptors (Lipinski definition) is 3. The molecule has 2 N–H and O–H groups in total. The van der Waals surface area contributed by atoms with Crippen molar-refractivity contribution in [2.75, 3.05) is 6.61 Å². The Morgan fingerprint density at radius 2 is 2.31 bits per heavy atom. The van der Waals surface area contributed by atoms with E-state index < -0.39 is 6.10 Å². The van der Waals surface area contributed by atoms with Crippen molar-refractivity contribution in [2.45, 2.75) is 25.4 Å². The summed E-state index contributed by atoms with van der Waals surface area (Å²) >= 11 is 0. The Labute approximate surface area is 77.0 Å². The number of aliphatic hydroxyl groups is 2. The van der Waals surface area contributed by atoms with Crippen LogP contribution >= 0.6 is 0 Å². The first-order valence-corrected chi connectivity index (χ1v) is 4.61. The van der Waals surface area contributed by atoms with Gasteiger partial charge in [0.1, 0.15) is 17.6 Å². The maximum absolute atomic E-state index is 9.27. The van der Waals surface area contributed by atoms with Gasteiger partial charge < -0.3 is 14.6 Å². The summed E-state index contributed by atoms with van der Waals surface area (Å²) in [4.78, 5) is 0. The average molecular weight is 182 g/mol. The summed E-state index contributed by atoms with van der Waals surface area (Å²) in [6.45, 7) is 1.89. The molecule has 72 valence electrons. The SMILES string of the molecule is CC1CC1c1ccc(C(O)CO)o1. The maximum atomic E-state index is 9.27. The van der Waals surface area contributed by atoms with E-state index in [4.69, 9.17) is 9.52 Å². The third kappa shape index (κ3) is 1.62. The summed E-state index contributed by atoms with van der Waals surface area (Å²) in [6, 6.07) is 3.63. The second-order valence-electron chi connectivity index (χ2n) is 3.76. The minimum absolute atomic E-state index is 0.285. The lowest BCUT2D eigenvalue weighted by molar-refractivity contribution is 0.0765.